The number of hydrogen-bond donors (Lipinski definition) is 1. The average molecular weight is 329 g/mol. The van der Waals surface area contributed by atoms with Crippen molar-refractivity contribution >= 4 is 35.5 Å². The minimum absolute atomic E-state index is 0. The molecule has 0 bridgehead atoms. The number of halogens is 2. The number of carbonyl (C=O) groups is 1. The molecule has 0 saturated carbocycles. The van der Waals surface area contributed by atoms with E-state index in [0.717, 1.165) is 37.2 Å². The molecule has 0 aromatic heterocycles. The first kappa shape index (κ1) is 18.0. The molecule has 1 heterocycles. The molecule has 0 radical (unpaired) electrons. The number of rotatable bonds is 4. The Morgan fingerprint density at radius 3 is 2.86 bits per heavy atom. The van der Waals surface area contributed by atoms with Gasteiger partial charge < -0.3 is 10.2 Å². The van der Waals surface area contributed by atoms with Gasteiger partial charge in [-0.05, 0) is 50.1 Å². The molecule has 1 atom stereocenters. The number of benzene rings is 1. The van der Waals surface area contributed by atoms with Gasteiger partial charge in [0, 0.05) is 24.2 Å². The second-order valence-electron chi connectivity index (χ2n) is 5.30. The molecule has 1 aliphatic heterocycles. The fourth-order valence-corrected chi connectivity index (χ4v) is 2.91. The quantitative estimate of drug-likeness (QED) is 0.860. The van der Waals surface area contributed by atoms with Gasteiger partial charge in [0.15, 0.2) is 0 Å². The van der Waals surface area contributed by atoms with Crippen molar-refractivity contribution < 1.29 is 4.79 Å². The van der Waals surface area contributed by atoms with Gasteiger partial charge in [0.2, 0.25) is 5.91 Å². The third kappa shape index (κ3) is 4.73. The summed E-state index contributed by atoms with van der Waals surface area (Å²) in [5.74, 6) is 0.652. The van der Waals surface area contributed by atoms with E-state index in [4.69, 9.17) is 11.6 Å². The van der Waals surface area contributed by atoms with Crippen LogP contribution in [-0.4, -0.2) is 37.5 Å². The molecule has 0 spiro atoms. The van der Waals surface area contributed by atoms with E-state index in [1.54, 1.807) is 6.08 Å². The molecule has 1 aromatic rings. The minimum atomic E-state index is 0. The summed E-state index contributed by atoms with van der Waals surface area (Å²) in [5, 5.41) is 3.86. The summed E-state index contributed by atoms with van der Waals surface area (Å²) in [6, 6.07) is 7.61. The summed E-state index contributed by atoms with van der Waals surface area (Å²) in [7, 11) is 1.95. The minimum Gasteiger partial charge on any atom is -0.339 e. The van der Waals surface area contributed by atoms with Crippen molar-refractivity contribution in [3.05, 3.63) is 40.9 Å². The molecule has 0 aliphatic carbocycles. The van der Waals surface area contributed by atoms with Crippen LogP contribution in [0, 0.1) is 5.92 Å². The Balaban J connectivity index is 0.00000220. The van der Waals surface area contributed by atoms with Gasteiger partial charge in [0.1, 0.15) is 0 Å². The van der Waals surface area contributed by atoms with E-state index in [1.807, 2.05) is 43.1 Å². The molecule has 1 N–H and O–H groups in total. The van der Waals surface area contributed by atoms with Gasteiger partial charge in [-0.2, -0.15) is 0 Å². The normalized spacial score (nSPS) is 18.5. The fourth-order valence-electron chi connectivity index (χ4n) is 2.62. The van der Waals surface area contributed by atoms with Crippen LogP contribution in [0.1, 0.15) is 18.9 Å². The van der Waals surface area contributed by atoms with Crippen LogP contribution in [0.5, 0.6) is 0 Å². The summed E-state index contributed by atoms with van der Waals surface area (Å²) in [4.78, 5) is 14.2. The molecule has 3 nitrogen and oxygen atoms in total. The monoisotopic (exact) mass is 328 g/mol. The van der Waals surface area contributed by atoms with E-state index in [2.05, 4.69) is 5.32 Å². The van der Waals surface area contributed by atoms with Crippen LogP contribution in [0.2, 0.25) is 5.02 Å². The van der Waals surface area contributed by atoms with Crippen LogP contribution in [0.3, 0.4) is 0 Å². The van der Waals surface area contributed by atoms with Crippen molar-refractivity contribution in [1.29, 1.82) is 0 Å². The maximum absolute atomic E-state index is 12.3. The maximum Gasteiger partial charge on any atom is 0.246 e. The number of allylic oxidation sites excluding steroid dienone is 1. The lowest BCUT2D eigenvalue weighted by atomic mass is 10.1. The fraction of sp³-hybridized carbons (Fsp3) is 0.438. The molecule has 1 fully saturated rings. The van der Waals surface area contributed by atoms with E-state index in [0.29, 0.717) is 10.9 Å². The number of hydrogen-bond acceptors (Lipinski definition) is 2. The maximum atomic E-state index is 12.3. The van der Waals surface area contributed by atoms with E-state index in [-0.39, 0.29) is 18.3 Å². The predicted molar refractivity (Wildman–Crippen MR) is 91.0 cm³/mol. The summed E-state index contributed by atoms with van der Waals surface area (Å²) < 4.78 is 0. The average Bonchev–Trinajstić information content (AvgIpc) is 2.88. The summed E-state index contributed by atoms with van der Waals surface area (Å²) in [5.41, 5.74) is 1.84. The lowest BCUT2D eigenvalue weighted by Gasteiger charge is -2.15. The Labute approximate surface area is 137 Å². The highest BCUT2D eigenvalue weighted by Gasteiger charge is 2.24. The van der Waals surface area contributed by atoms with Gasteiger partial charge >= 0.3 is 0 Å². The number of nitrogens with one attached hydrogen (secondary N) is 1. The highest BCUT2D eigenvalue weighted by molar-refractivity contribution is 6.32. The van der Waals surface area contributed by atoms with Crippen LogP contribution in [-0.2, 0) is 4.79 Å². The molecule has 1 unspecified atom stereocenters. The Morgan fingerprint density at radius 2 is 2.19 bits per heavy atom. The van der Waals surface area contributed by atoms with Crippen molar-refractivity contribution in [1.82, 2.24) is 10.2 Å². The van der Waals surface area contributed by atoms with Gasteiger partial charge in [0.05, 0.1) is 0 Å². The number of nitrogens with zero attached hydrogens (tertiary/aromatic N) is 1. The van der Waals surface area contributed by atoms with Crippen molar-refractivity contribution in [2.24, 2.45) is 5.92 Å². The first-order valence-electron chi connectivity index (χ1n) is 6.98. The van der Waals surface area contributed by atoms with E-state index in [1.165, 1.54) is 0 Å². The molecule has 1 saturated heterocycles. The third-order valence-electron chi connectivity index (χ3n) is 3.73. The molecular formula is C16H22Cl2N2O. The third-order valence-corrected chi connectivity index (χ3v) is 4.06. The van der Waals surface area contributed by atoms with Gasteiger partial charge in [-0.15, -0.1) is 12.4 Å². The zero-order valence-electron chi connectivity index (χ0n) is 12.4. The lowest BCUT2D eigenvalue weighted by molar-refractivity contribution is -0.125. The smallest absolute Gasteiger partial charge is 0.246 e. The number of carbonyl (C=O) groups excluding carboxylic acids is 1. The summed E-state index contributed by atoms with van der Waals surface area (Å²) >= 11 is 6.15. The first-order chi connectivity index (χ1) is 9.61. The summed E-state index contributed by atoms with van der Waals surface area (Å²) in [6.45, 7) is 4.58. The standard InChI is InChI=1S/C16H21ClN2O.ClH/c1-12(14-5-3-4-6-15(14)17)9-16(20)19-8-7-13(11-19)10-18-2;/h3-6,9,13,18H,7-8,10-11H2,1-2H3;1H/b12-9-;. The van der Waals surface area contributed by atoms with Crippen LogP contribution in [0.15, 0.2) is 30.3 Å². The molecule has 1 aromatic carbocycles. The summed E-state index contributed by atoms with van der Waals surface area (Å²) in [6.07, 6.45) is 2.77. The molecule has 2 rings (SSSR count). The first-order valence-corrected chi connectivity index (χ1v) is 7.36. The zero-order chi connectivity index (χ0) is 14.5. The lowest BCUT2D eigenvalue weighted by Crippen LogP contribution is -2.29. The Bertz CT molecular complexity index is 517. The SMILES string of the molecule is CNCC1CCN(C(=O)/C=C(/C)c2ccccc2Cl)C1.Cl. The zero-order valence-corrected chi connectivity index (χ0v) is 14.0. The molecule has 5 heteroatoms. The van der Waals surface area contributed by atoms with Crippen LogP contribution >= 0.6 is 24.0 Å². The largest absolute Gasteiger partial charge is 0.339 e. The van der Waals surface area contributed by atoms with E-state index < -0.39 is 0 Å². The second kappa shape index (κ2) is 8.42. The van der Waals surface area contributed by atoms with Crippen molar-refractivity contribution in [2.45, 2.75) is 13.3 Å². The van der Waals surface area contributed by atoms with Crippen LogP contribution < -0.4 is 5.32 Å². The van der Waals surface area contributed by atoms with Crippen LogP contribution in [0.25, 0.3) is 5.57 Å². The van der Waals surface area contributed by atoms with Crippen LogP contribution in [0.4, 0.5) is 0 Å². The van der Waals surface area contributed by atoms with Crippen molar-refractivity contribution in [3.63, 3.8) is 0 Å². The topological polar surface area (TPSA) is 32.3 Å². The molecule has 1 aliphatic rings. The molecule has 1 amide bonds. The Morgan fingerprint density at radius 1 is 1.48 bits per heavy atom. The van der Waals surface area contributed by atoms with Gasteiger partial charge in [-0.1, -0.05) is 29.8 Å². The van der Waals surface area contributed by atoms with Gasteiger partial charge in [0.25, 0.3) is 0 Å². The highest BCUT2D eigenvalue weighted by Crippen LogP contribution is 2.24. The van der Waals surface area contributed by atoms with Gasteiger partial charge in [-0.25, -0.2) is 0 Å². The van der Waals surface area contributed by atoms with E-state index >= 15 is 0 Å². The molecule has 116 valence electrons. The highest BCUT2D eigenvalue weighted by atomic mass is 35.5. The van der Waals surface area contributed by atoms with Crippen molar-refractivity contribution in [3.8, 4) is 0 Å². The van der Waals surface area contributed by atoms with Crippen molar-refractivity contribution in [2.75, 3.05) is 26.7 Å². The number of amides is 1. The van der Waals surface area contributed by atoms with E-state index in [9.17, 15) is 4.79 Å². The predicted octanol–water partition coefficient (Wildman–Crippen LogP) is 3.23. The molecular weight excluding hydrogens is 307 g/mol. The second-order valence-corrected chi connectivity index (χ2v) is 5.71. The Hall–Kier alpha value is -1.03. The molecule has 21 heavy (non-hydrogen) atoms. The Kier molecular flexibility index (Phi) is 7.23. The number of likely N-dealkylation sites (tertiary alicyclic amines) is 1. The van der Waals surface area contributed by atoms with Gasteiger partial charge in [-0.3, -0.25) is 4.79 Å².